The summed E-state index contributed by atoms with van der Waals surface area (Å²) in [6.07, 6.45) is 0.369. The average molecular weight is 399 g/mol. The number of ether oxygens (including phenoxy) is 1. The quantitative estimate of drug-likeness (QED) is 0.636. The van der Waals surface area contributed by atoms with Gasteiger partial charge < -0.3 is 14.6 Å². The standard InChI is InChI=1S/C22H23ClN2O3/c1-3-21(26)25(13-15-5-7-18(23)8-6-15)14-17-11-16-12-19(28-4-2)9-10-20(16)24-22(17)27/h5-12H,3-4,13-14H2,1-2H3,(H,24,27). The molecule has 1 N–H and O–H groups in total. The largest absolute Gasteiger partial charge is 0.494 e. The second-order valence-corrected chi connectivity index (χ2v) is 6.97. The van der Waals surface area contributed by atoms with Crippen LogP contribution in [0.3, 0.4) is 0 Å². The first-order chi connectivity index (χ1) is 13.5. The summed E-state index contributed by atoms with van der Waals surface area (Å²) < 4.78 is 5.54. The number of amides is 1. The highest BCUT2D eigenvalue weighted by molar-refractivity contribution is 6.30. The Morgan fingerprint density at radius 3 is 2.50 bits per heavy atom. The number of pyridine rings is 1. The van der Waals surface area contributed by atoms with E-state index >= 15 is 0 Å². The number of aromatic amines is 1. The Morgan fingerprint density at radius 1 is 1.07 bits per heavy atom. The highest BCUT2D eigenvalue weighted by atomic mass is 35.5. The van der Waals surface area contributed by atoms with E-state index in [2.05, 4.69) is 4.98 Å². The van der Waals surface area contributed by atoms with Crippen molar-refractivity contribution in [3.63, 3.8) is 0 Å². The fraction of sp³-hybridized carbons (Fsp3) is 0.273. The van der Waals surface area contributed by atoms with Crippen LogP contribution in [0.25, 0.3) is 10.9 Å². The van der Waals surface area contributed by atoms with E-state index < -0.39 is 0 Å². The second kappa shape index (κ2) is 8.93. The lowest BCUT2D eigenvalue weighted by atomic mass is 10.1. The van der Waals surface area contributed by atoms with Gasteiger partial charge in [-0.1, -0.05) is 30.7 Å². The van der Waals surface area contributed by atoms with Gasteiger partial charge in [0, 0.05) is 34.5 Å². The number of nitrogens with one attached hydrogen (secondary N) is 1. The van der Waals surface area contributed by atoms with Gasteiger partial charge in [0.1, 0.15) is 5.75 Å². The van der Waals surface area contributed by atoms with Gasteiger partial charge in [-0.3, -0.25) is 9.59 Å². The monoisotopic (exact) mass is 398 g/mol. The number of benzene rings is 2. The molecule has 146 valence electrons. The molecule has 1 aromatic heterocycles. The van der Waals surface area contributed by atoms with Crippen molar-refractivity contribution in [2.75, 3.05) is 6.61 Å². The molecule has 0 spiro atoms. The number of fused-ring (bicyclic) bond motifs is 1. The highest BCUT2D eigenvalue weighted by Crippen LogP contribution is 2.20. The van der Waals surface area contributed by atoms with E-state index in [4.69, 9.17) is 16.3 Å². The zero-order valence-corrected chi connectivity index (χ0v) is 16.8. The molecule has 5 nitrogen and oxygen atoms in total. The summed E-state index contributed by atoms with van der Waals surface area (Å²) in [4.78, 5) is 29.6. The molecule has 0 atom stereocenters. The Labute approximate surface area is 168 Å². The average Bonchev–Trinajstić information content (AvgIpc) is 2.69. The Balaban J connectivity index is 1.91. The zero-order valence-electron chi connectivity index (χ0n) is 16.0. The third-order valence-corrected chi connectivity index (χ3v) is 4.76. The summed E-state index contributed by atoms with van der Waals surface area (Å²) in [5.41, 5.74) is 2.05. The highest BCUT2D eigenvalue weighted by Gasteiger charge is 2.15. The van der Waals surface area contributed by atoms with Crippen LogP contribution < -0.4 is 10.3 Å². The first kappa shape index (κ1) is 20.0. The van der Waals surface area contributed by atoms with E-state index in [1.54, 1.807) is 17.0 Å². The van der Waals surface area contributed by atoms with Crippen LogP contribution in [0.1, 0.15) is 31.4 Å². The number of hydrogen-bond donors (Lipinski definition) is 1. The van der Waals surface area contributed by atoms with E-state index in [9.17, 15) is 9.59 Å². The molecule has 0 bridgehead atoms. The molecule has 1 amide bonds. The molecular weight excluding hydrogens is 376 g/mol. The molecule has 0 fully saturated rings. The van der Waals surface area contributed by atoms with Crippen molar-refractivity contribution in [3.05, 3.63) is 75.0 Å². The van der Waals surface area contributed by atoms with Crippen molar-refractivity contribution in [3.8, 4) is 5.75 Å². The summed E-state index contributed by atoms with van der Waals surface area (Å²) in [5.74, 6) is 0.730. The Kier molecular flexibility index (Phi) is 6.37. The van der Waals surface area contributed by atoms with Gasteiger partial charge in [0.2, 0.25) is 5.91 Å². The lowest BCUT2D eigenvalue weighted by Gasteiger charge is -2.22. The van der Waals surface area contributed by atoms with Crippen molar-refractivity contribution in [1.82, 2.24) is 9.88 Å². The molecule has 0 aliphatic carbocycles. The van der Waals surface area contributed by atoms with Gasteiger partial charge >= 0.3 is 0 Å². The number of nitrogens with zero attached hydrogens (tertiary/aromatic N) is 1. The predicted molar refractivity (Wildman–Crippen MR) is 112 cm³/mol. The number of rotatable bonds is 7. The molecule has 6 heteroatoms. The van der Waals surface area contributed by atoms with E-state index in [1.807, 2.05) is 50.2 Å². The van der Waals surface area contributed by atoms with Crippen LogP contribution in [0.15, 0.2) is 53.3 Å². The number of carbonyl (C=O) groups excluding carboxylic acids is 1. The number of hydrogen-bond acceptors (Lipinski definition) is 3. The fourth-order valence-electron chi connectivity index (χ4n) is 3.08. The minimum Gasteiger partial charge on any atom is -0.494 e. The van der Waals surface area contributed by atoms with Crippen LogP contribution in [0.5, 0.6) is 5.75 Å². The fourth-order valence-corrected chi connectivity index (χ4v) is 3.20. The number of carbonyl (C=O) groups is 1. The van der Waals surface area contributed by atoms with Crippen molar-refractivity contribution in [1.29, 1.82) is 0 Å². The van der Waals surface area contributed by atoms with Crippen LogP contribution >= 0.6 is 11.6 Å². The normalized spacial score (nSPS) is 10.8. The third kappa shape index (κ3) is 4.73. The molecule has 0 saturated heterocycles. The molecule has 2 aromatic carbocycles. The maximum absolute atomic E-state index is 12.5. The maximum atomic E-state index is 12.5. The SMILES string of the molecule is CCOc1ccc2[nH]c(=O)c(CN(Cc3ccc(Cl)cc3)C(=O)CC)cc2c1. The van der Waals surface area contributed by atoms with Gasteiger partial charge in [0.25, 0.3) is 5.56 Å². The Bertz CT molecular complexity index is 1030. The lowest BCUT2D eigenvalue weighted by Crippen LogP contribution is -2.31. The second-order valence-electron chi connectivity index (χ2n) is 6.54. The summed E-state index contributed by atoms with van der Waals surface area (Å²) >= 11 is 5.94. The Hall–Kier alpha value is -2.79. The van der Waals surface area contributed by atoms with E-state index in [0.29, 0.717) is 30.2 Å². The molecule has 0 unspecified atom stereocenters. The third-order valence-electron chi connectivity index (χ3n) is 4.51. The van der Waals surface area contributed by atoms with Crippen LogP contribution in [-0.4, -0.2) is 22.4 Å². The Morgan fingerprint density at radius 2 is 1.82 bits per heavy atom. The van der Waals surface area contributed by atoms with Crippen LogP contribution in [-0.2, 0) is 17.9 Å². The van der Waals surface area contributed by atoms with Gasteiger partial charge in [0.05, 0.1) is 13.2 Å². The summed E-state index contributed by atoms with van der Waals surface area (Å²) in [6.45, 7) is 4.96. The summed E-state index contributed by atoms with van der Waals surface area (Å²) in [7, 11) is 0. The van der Waals surface area contributed by atoms with Crippen LogP contribution in [0, 0.1) is 0 Å². The van der Waals surface area contributed by atoms with E-state index in [0.717, 1.165) is 22.2 Å². The van der Waals surface area contributed by atoms with Crippen LogP contribution in [0.4, 0.5) is 0 Å². The predicted octanol–water partition coefficient (Wildman–Crippen LogP) is 4.52. The van der Waals surface area contributed by atoms with Gasteiger partial charge in [0.15, 0.2) is 0 Å². The van der Waals surface area contributed by atoms with Crippen molar-refractivity contribution < 1.29 is 9.53 Å². The molecule has 28 heavy (non-hydrogen) atoms. The zero-order chi connectivity index (χ0) is 20.1. The van der Waals surface area contributed by atoms with Gasteiger partial charge in [-0.05, 0) is 48.9 Å². The minimum atomic E-state index is -0.193. The summed E-state index contributed by atoms with van der Waals surface area (Å²) in [6, 6.07) is 14.7. The van der Waals surface area contributed by atoms with Crippen molar-refractivity contribution in [2.45, 2.75) is 33.4 Å². The first-order valence-corrected chi connectivity index (χ1v) is 9.69. The molecular formula is C22H23ClN2O3. The molecule has 0 aliphatic heterocycles. The smallest absolute Gasteiger partial charge is 0.253 e. The summed E-state index contributed by atoms with van der Waals surface area (Å²) in [5, 5.41) is 1.52. The van der Waals surface area contributed by atoms with Gasteiger partial charge in [-0.2, -0.15) is 0 Å². The molecule has 3 rings (SSSR count). The lowest BCUT2D eigenvalue weighted by molar-refractivity contribution is -0.132. The molecule has 0 aliphatic rings. The first-order valence-electron chi connectivity index (χ1n) is 9.31. The van der Waals surface area contributed by atoms with E-state index in [1.165, 1.54) is 0 Å². The van der Waals surface area contributed by atoms with Gasteiger partial charge in [-0.15, -0.1) is 0 Å². The topological polar surface area (TPSA) is 62.4 Å². The van der Waals surface area contributed by atoms with Gasteiger partial charge in [-0.25, -0.2) is 0 Å². The number of H-pyrrole nitrogens is 1. The van der Waals surface area contributed by atoms with Crippen molar-refractivity contribution >= 4 is 28.4 Å². The maximum Gasteiger partial charge on any atom is 0.253 e. The van der Waals surface area contributed by atoms with E-state index in [-0.39, 0.29) is 18.0 Å². The molecule has 1 heterocycles. The molecule has 3 aromatic rings. The number of halogens is 1. The number of aromatic nitrogens is 1. The minimum absolute atomic E-state index is 0.0162. The molecule has 0 radical (unpaired) electrons. The van der Waals surface area contributed by atoms with Crippen molar-refractivity contribution in [2.24, 2.45) is 0 Å². The molecule has 0 saturated carbocycles. The van der Waals surface area contributed by atoms with Crippen LogP contribution in [0.2, 0.25) is 5.02 Å².